The van der Waals surface area contributed by atoms with Crippen molar-refractivity contribution >= 4 is 5.97 Å². The van der Waals surface area contributed by atoms with Gasteiger partial charge in [-0.25, -0.2) is 9.18 Å². The van der Waals surface area contributed by atoms with E-state index in [9.17, 15) is 18.0 Å². The normalized spacial score (nSPS) is 9.35. The van der Waals surface area contributed by atoms with Crippen LogP contribution in [0.5, 0.6) is 5.75 Å². The lowest BCUT2D eigenvalue weighted by Gasteiger charge is -2.08. The average Bonchev–Trinajstić information content (AvgIpc) is 2.30. The van der Waals surface area contributed by atoms with Crippen LogP contribution in [0.1, 0.15) is 24.2 Å². The molecular weight excluding hydrogens is 237 g/mol. The lowest BCUT2D eigenvalue weighted by Crippen LogP contribution is -2.09. The van der Waals surface area contributed by atoms with Crippen LogP contribution in [0.15, 0.2) is 18.2 Å². The molecule has 0 aliphatic carbocycles. The van der Waals surface area contributed by atoms with Gasteiger partial charge in [0.2, 0.25) is 0 Å². The van der Waals surface area contributed by atoms with Gasteiger partial charge in [0.1, 0.15) is 17.1 Å². The molecule has 0 N–H and O–H groups in total. The summed E-state index contributed by atoms with van der Waals surface area (Å²) in [6.07, 6.45) is 0. The van der Waals surface area contributed by atoms with Crippen molar-refractivity contribution < 1.29 is 27.4 Å². The Labute approximate surface area is 97.1 Å². The Balaban J connectivity index is 0.00000121. The van der Waals surface area contributed by atoms with E-state index in [1.165, 1.54) is 0 Å². The highest BCUT2D eigenvalue weighted by Gasteiger charge is 2.16. The van der Waals surface area contributed by atoms with E-state index < -0.39 is 24.1 Å². The summed E-state index contributed by atoms with van der Waals surface area (Å²) in [5.74, 6) is -2.19. The molecule has 1 rings (SSSR count). The molecule has 1 aromatic carbocycles. The number of carbonyl (C=O) groups is 1. The number of hydrogen-bond acceptors (Lipinski definition) is 3. The summed E-state index contributed by atoms with van der Waals surface area (Å²) in [4.78, 5) is 11.1. The monoisotopic (exact) mass is 250 g/mol. The van der Waals surface area contributed by atoms with E-state index in [4.69, 9.17) is 0 Å². The highest BCUT2D eigenvalue weighted by molar-refractivity contribution is 5.92. The number of ether oxygens (including phenoxy) is 2. The molecule has 0 spiro atoms. The Morgan fingerprint density at radius 1 is 1.29 bits per heavy atom. The van der Waals surface area contributed by atoms with E-state index in [0.717, 1.165) is 19.2 Å². The van der Waals surface area contributed by atoms with Gasteiger partial charge in [-0.05, 0) is 12.1 Å². The second-order valence-corrected chi connectivity index (χ2v) is 2.51. The van der Waals surface area contributed by atoms with Crippen molar-refractivity contribution in [2.75, 3.05) is 7.11 Å². The SMILES string of the molecule is CC.COC(=O)c1ccc(F)cc1OC(F)F. The summed E-state index contributed by atoms with van der Waals surface area (Å²) >= 11 is 0. The number of rotatable bonds is 3. The van der Waals surface area contributed by atoms with Crippen LogP contribution in [0, 0.1) is 5.82 Å². The maximum atomic E-state index is 12.7. The smallest absolute Gasteiger partial charge is 0.387 e. The van der Waals surface area contributed by atoms with Gasteiger partial charge in [-0.1, -0.05) is 13.8 Å². The van der Waals surface area contributed by atoms with Gasteiger partial charge in [0.25, 0.3) is 0 Å². The third-order valence-electron chi connectivity index (χ3n) is 1.57. The fourth-order valence-electron chi connectivity index (χ4n) is 0.968. The second kappa shape index (κ2) is 7.54. The number of methoxy groups -OCH3 is 1. The molecule has 3 nitrogen and oxygen atoms in total. The van der Waals surface area contributed by atoms with E-state index in [0.29, 0.717) is 6.07 Å². The van der Waals surface area contributed by atoms with Crippen LogP contribution >= 0.6 is 0 Å². The van der Waals surface area contributed by atoms with Gasteiger partial charge in [-0.2, -0.15) is 8.78 Å². The molecule has 0 aromatic heterocycles. The molecule has 0 saturated carbocycles. The predicted molar refractivity (Wildman–Crippen MR) is 55.7 cm³/mol. The van der Waals surface area contributed by atoms with Crippen LogP contribution in [0.3, 0.4) is 0 Å². The van der Waals surface area contributed by atoms with Crippen LogP contribution in [-0.2, 0) is 4.74 Å². The van der Waals surface area contributed by atoms with Gasteiger partial charge in [0, 0.05) is 6.07 Å². The molecule has 0 fully saturated rings. The fraction of sp³-hybridized carbons (Fsp3) is 0.364. The van der Waals surface area contributed by atoms with Gasteiger partial charge in [0.15, 0.2) is 0 Å². The molecule has 17 heavy (non-hydrogen) atoms. The molecule has 0 heterocycles. The first-order chi connectivity index (χ1) is 8.04. The molecule has 0 saturated heterocycles. The Bertz CT molecular complexity index is 367. The lowest BCUT2D eigenvalue weighted by atomic mass is 10.2. The van der Waals surface area contributed by atoms with E-state index in [1.54, 1.807) is 0 Å². The lowest BCUT2D eigenvalue weighted by molar-refractivity contribution is -0.0505. The Kier molecular flexibility index (Phi) is 6.77. The van der Waals surface area contributed by atoms with Crippen molar-refractivity contribution in [1.82, 2.24) is 0 Å². The maximum Gasteiger partial charge on any atom is 0.387 e. The number of halogens is 3. The van der Waals surface area contributed by atoms with E-state index >= 15 is 0 Å². The first-order valence-corrected chi connectivity index (χ1v) is 4.87. The molecule has 96 valence electrons. The topological polar surface area (TPSA) is 35.5 Å². The molecule has 6 heteroatoms. The van der Waals surface area contributed by atoms with Gasteiger partial charge >= 0.3 is 12.6 Å². The van der Waals surface area contributed by atoms with Crippen molar-refractivity contribution in [2.45, 2.75) is 20.5 Å². The van der Waals surface area contributed by atoms with Gasteiger partial charge in [-0.3, -0.25) is 0 Å². The van der Waals surface area contributed by atoms with E-state index in [2.05, 4.69) is 9.47 Å². The number of alkyl halides is 2. The first kappa shape index (κ1) is 15.3. The molecule has 0 amide bonds. The molecular formula is C11H13F3O3. The number of hydrogen-bond donors (Lipinski definition) is 0. The van der Waals surface area contributed by atoms with Crippen molar-refractivity contribution in [3.05, 3.63) is 29.6 Å². The van der Waals surface area contributed by atoms with E-state index in [-0.39, 0.29) is 5.56 Å². The van der Waals surface area contributed by atoms with Crippen LogP contribution in [0.4, 0.5) is 13.2 Å². The minimum Gasteiger partial charge on any atom is -0.465 e. The molecule has 0 bridgehead atoms. The number of carbonyl (C=O) groups excluding carboxylic acids is 1. The molecule has 0 atom stereocenters. The zero-order valence-electron chi connectivity index (χ0n) is 9.67. The summed E-state index contributed by atoms with van der Waals surface area (Å²) in [6.45, 7) is 0.871. The van der Waals surface area contributed by atoms with Crippen molar-refractivity contribution in [3.8, 4) is 5.75 Å². The Hall–Kier alpha value is -1.72. The summed E-state index contributed by atoms with van der Waals surface area (Å²) in [7, 11) is 1.08. The molecule has 1 aromatic rings. The summed E-state index contributed by atoms with van der Waals surface area (Å²) in [6, 6.07) is 2.65. The highest BCUT2D eigenvalue weighted by Crippen LogP contribution is 2.22. The predicted octanol–water partition coefficient (Wildman–Crippen LogP) is 3.24. The first-order valence-electron chi connectivity index (χ1n) is 4.87. The average molecular weight is 250 g/mol. The van der Waals surface area contributed by atoms with Crippen molar-refractivity contribution in [3.63, 3.8) is 0 Å². The second-order valence-electron chi connectivity index (χ2n) is 2.51. The Morgan fingerprint density at radius 3 is 2.35 bits per heavy atom. The zero-order chi connectivity index (χ0) is 13.4. The third kappa shape index (κ3) is 4.76. The summed E-state index contributed by atoms with van der Waals surface area (Å²) in [5.41, 5.74) is -0.251. The fourth-order valence-corrected chi connectivity index (χ4v) is 0.968. The largest absolute Gasteiger partial charge is 0.465 e. The number of esters is 1. The quantitative estimate of drug-likeness (QED) is 0.772. The Morgan fingerprint density at radius 2 is 1.88 bits per heavy atom. The minimum atomic E-state index is -3.13. The van der Waals surface area contributed by atoms with Crippen LogP contribution in [0.2, 0.25) is 0 Å². The molecule has 0 aliphatic heterocycles. The van der Waals surface area contributed by atoms with Crippen LogP contribution < -0.4 is 4.74 Å². The van der Waals surface area contributed by atoms with Gasteiger partial charge in [-0.15, -0.1) is 0 Å². The third-order valence-corrected chi connectivity index (χ3v) is 1.57. The molecule has 0 radical (unpaired) electrons. The summed E-state index contributed by atoms with van der Waals surface area (Å²) in [5, 5.41) is 0. The maximum absolute atomic E-state index is 12.7. The highest BCUT2D eigenvalue weighted by atomic mass is 19.3. The van der Waals surface area contributed by atoms with Crippen molar-refractivity contribution in [2.24, 2.45) is 0 Å². The van der Waals surface area contributed by atoms with Crippen LogP contribution in [-0.4, -0.2) is 19.7 Å². The van der Waals surface area contributed by atoms with Gasteiger partial charge < -0.3 is 9.47 Å². The van der Waals surface area contributed by atoms with E-state index in [1.807, 2.05) is 13.8 Å². The van der Waals surface area contributed by atoms with Crippen molar-refractivity contribution in [1.29, 1.82) is 0 Å². The number of benzene rings is 1. The molecule has 0 aliphatic rings. The minimum absolute atomic E-state index is 0.251. The zero-order valence-corrected chi connectivity index (χ0v) is 9.67. The summed E-state index contributed by atoms with van der Waals surface area (Å²) < 4.78 is 44.8. The van der Waals surface area contributed by atoms with Crippen LogP contribution in [0.25, 0.3) is 0 Å². The van der Waals surface area contributed by atoms with Gasteiger partial charge in [0.05, 0.1) is 7.11 Å². The standard InChI is InChI=1S/C9H7F3O3.C2H6/c1-14-8(13)6-3-2-5(10)4-7(6)15-9(11)12;1-2/h2-4,9H,1H3;1-2H3. The molecule has 0 unspecified atom stereocenters.